The quantitative estimate of drug-likeness (QED) is 0.0252. The maximum absolute atomic E-state index is 13.8. The summed E-state index contributed by atoms with van der Waals surface area (Å²) in [4.78, 5) is 16.6. The molecule has 1 atom stereocenters. The van der Waals surface area contributed by atoms with Crippen LogP contribution in [0.15, 0.2) is 110 Å². The summed E-state index contributed by atoms with van der Waals surface area (Å²) >= 11 is 0. The van der Waals surface area contributed by atoms with E-state index in [-0.39, 0.29) is 49.7 Å². The number of hydrogen-bond donors (Lipinski definition) is 5. The molecule has 0 aliphatic carbocycles. The van der Waals surface area contributed by atoms with Crippen LogP contribution in [0.3, 0.4) is 0 Å². The number of hydrogen-bond acceptors (Lipinski definition) is 12. The fraction of sp³-hybridized carbons (Fsp3) is 0.378. The highest BCUT2D eigenvalue weighted by Gasteiger charge is 2.42. The number of carboxylic acid groups (broad SMARTS) is 1. The van der Waals surface area contributed by atoms with Gasteiger partial charge in [-0.2, -0.15) is 33.7 Å². The number of aryl methyl sites for hydroxylation is 1. The Bertz CT molecular complexity index is 3250. The van der Waals surface area contributed by atoms with Gasteiger partial charge in [-0.1, -0.05) is 76.3 Å². The summed E-state index contributed by atoms with van der Waals surface area (Å²) in [6.45, 7) is 9.64. The molecule has 4 aromatic rings. The van der Waals surface area contributed by atoms with Crippen LogP contribution in [0.2, 0.25) is 0 Å². The SMILES string of the molecule is Cc1ccc2c(S(=O)N(C)CCCC(=O)O)cccc2c1C(C)(C)C(/C=C/C=C/C=C1/N(CCCS(=O)(=O)O)c2ccc3c(S(=O)(=O)O)cc(S(=O)(=O)O)cc3c2C1(C)C)=NCCCS(=O)(=O)O. The normalized spacial score (nSPS) is 16.2. The van der Waals surface area contributed by atoms with Crippen molar-refractivity contribution < 1.29 is 66.0 Å². The summed E-state index contributed by atoms with van der Waals surface area (Å²) in [5, 5.41) is 10.6. The van der Waals surface area contributed by atoms with E-state index in [1.807, 2.05) is 39.0 Å². The number of carboxylic acids is 1. The van der Waals surface area contributed by atoms with E-state index in [0.717, 1.165) is 22.6 Å². The Hall–Kier alpha value is -4.69. The summed E-state index contributed by atoms with van der Waals surface area (Å²) in [6.07, 6.45) is 8.66. The van der Waals surface area contributed by atoms with Gasteiger partial charge in [-0.15, -0.1) is 0 Å². The lowest BCUT2D eigenvalue weighted by atomic mass is 9.75. The van der Waals surface area contributed by atoms with Crippen LogP contribution in [0.25, 0.3) is 21.5 Å². The van der Waals surface area contributed by atoms with Gasteiger partial charge in [0.15, 0.2) is 0 Å². The Morgan fingerprint density at radius 3 is 2.07 bits per heavy atom. The molecule has 4 aromatic carbocycles. The van der Waals surface area contributed by atoms with Gasteiger partial charge in [-0.05, 0) is 95.5 Å². The third-order valence-electron chi connectivity index (χ3n) is 11.7. The van der Waals surface area contributed by atoms with Crippen molar-refractivity contribution in [3.05, 3.63) is 107 Å². The minimum Gasteiger partial charge on any atom is -0.481 e. The zero-order chi connectivity index (χ0) is 50.8. The largest absolute Gasteiger partial charge is 0.481 e. The lowest BCUT2D eigenvalue weighted by molar-refractivity contribution is -0.137. The number of aliphatic carboxylic acids is 1. The van der Waals surface area contributed by atoms with Gasteiger partial charge in [-0.25, -0.2) is 8.51 Å². The molecule has 0 saturated carbocycles. The summed E-state index contributed by atoms with van der Waals surface area (Å²) in [7, 11) is -18.6. The number of benzene rings is 4. The summed E-state index contributed by atoms with van der Waals surface area (Å²) in [5.41, 5.74) is 1.63. The fourth-order valence-corrected chi connectivity index (χ4v) is 12.2. The monoisotopic (exact) mass is 1040 g/mol. The molecule has 1 heterocycles. The van der Waals surface area contributed by atoms with Gasteiger partial charge in [0.25, 0.3) is 40.5 Å². The van der Waals surface area contributed by atoms with Crippen LogP contribution in [0.4, 0.5) is 5.69 Å². The standard InChI is InChI=1S/C45H55N3O15S5/c1-30-19-20-32-34(14-10-15-37(32)64(51)47(6)24-11-18-41(49)50)42(30)44(2,3)39(46-23-12-26-65(52,53)54)16-8-7-9-17-40-45(4,5)43-35-28-31(67(58,59)60)29-38(68(61,62)63)33(35)21-22-36(43)48(40)25-13-27-66(55,56)57/h7-10,14-17,19-22,28-29H,11-13,18,23-27H2,1-6H3,(H,49,50)(H,52,53,54)(H,55,56,57)(H,58,59,60)(H,61,62,63)/b9-7+,16-8+,40-17+,46-39?. The second-order valence-electron chi connectivity index (χ2n) is 17.4. The molecule has 18 nitrogen and oxygen atoms in total. The van der Waals surface area contributed by atoms with Crippen molar-refractivity contribution in [2.24, 2.45) is 4.99 Å². The van der Waals surface area contributed by atoms with Crippen LogP contribution in [-0.4, -0.2) is 115 Å². The molecule has 0 amide bonds. The maximum Gasteiger partial charge on any atom is 0.303 e. The van der Waals surface area contributed by atoms with E-state index in [4.69, 9.17) is 10.1 Å². The van der Waals surface area contributed by atoms with E-state index in [1.165, 1.54) is 6.07 Å². The summed E-state index contributed by atoms with van der Waals surface area (Å²) in [6, 6.07) is 13.9. The van der Waals surface area contributed by atoms with Crippen molar-refractivity contribution in [2.75, 3.05) is 43.1 Å². The molecule has 5 N–H and O–H groups in total. The first-order valence-corrected chi connectivity index (χ1v) is 28.3. The van der Waals surface area contributed by atoms with E-state index in [2.05, 4.69) is 0 Å². The average Bonchev–Trinajstić information content (AvgIpc) is 3.43. The number of rotatable bonds is 21. The molecule has 0 bridgehead atoms. The number of carbonyl (C=O) groups is 1. The van der Waals surface area contributed by atoms with Crippen LogP contribution in [0.1, 0.15) is 70.1 Å². The summed E-state index contributed by atoms with van der Waals surface area (Å²) < 4.78 is 151. The zero-order valence-electron chi connectivity index (χ0n) is 38.1. The molecule has 0 fully saturated rings. The third-order valence-corrected chi connectivity index (χ3v) is 16.5. The Kier molecular flexibility index (Phi) is 16.5. The molecule has 5 rings (SSSR count). The molecule has 23 heteroatoms. The molecule has 0 aromatic heterocycles. The van der Waals surface area contributed by atoms with Crippen LogP contribution in [0.5, 0.6) is 0 Å². The van der Waals surface area contributed by atoms with Crippen LogP contribution >= 0.6 is 0 Å². The number of allylic oxidation sites excluding steroid dienone is 6. The van der Waals surface area contributed by atoms with Gasteiger partial charge in [0.05, 0.1) is 21.3 Å². The number of aliphatic imine (C=N–C) groups is 1. The maximum atomic E-state index is 13.8. The predicted octanol–water partition coefficient (Wildman–Crippen LogP) is 6.68. The zero-order valence-corrected chi connectivity index (χ0v) is 42.2. The number of anilines is 1. The highest BCUT2D eigenvalue weighted by molar-refractivity contribution is 7.87. The predicted molar refractivity (Wildman–Crippen MR) is 262 cm³/mol. The smallest absolute Gasteiger partial charge is 0.303 e. The Labute approximate surface area is 399 Å². The average molecular weight is 1040 g/mol. The van der Waals surface area contributed by atoms with Gasteiger partial charge in [0.1, 0.15) is 15.9 Å². The molecule has 0 radical (unpaired) electrons. The Balaban J connectivity index is 1.60. The van der Waals surface area contributed by atoms with Crippen molar-refractivity contribution in [2.45, 2.75) is 85.8 Å². The molecule has 68 heavy (non-hydrogen) atoms. The van der Waals surface area contributed by atoms with E-state index in [9.17, 15) is 60.9 Å². The van der Waals surface area contributed by atoms with E-state index >= 15 is 0 Å². The van der Waals surface area contributed by atoms with Gasteiger partial charge < -0.3 is 10.0 Å². The highest BCUT2D eigenvalue weighted by atomic mass is 32.2. The number of fused-ring (bicyclic) bond motifs is 4. The van der Waals surface area contributed by atoms with Crippen molar-refractivity contribution in [3.8, 4) is 0 Å². The topological polar surface area (TPSA) is 291 Å². The van der Waals surface area contributed by atoms with Crippen molar-refractivity contribution in [1.29, 1.82) is 0 Å². The summed E-state index contributed by atoms with van der Waals surface area (Å²) in [5.74, 6) is -2.07. The van der Waals surface area contributed by atoms with Gasteiger partial charge in [0.2, 0.25) is 0 Å². The molecule has 0 saturated heterocycles. The molecule has 1 aliphatic heterocycles. The second kappa shape index (κ2) is 20.7. The van der Waals surface area contributed by atoms with Crippen molar-refractivity contribution in [1.82, 2.24) is 4.31 Å². The van der Waals surface area contributed by atoms with E-state index in [0.29, 0.717) is 45.4 Å². The first-order valence-electron chi connectivity index (χ1n) is 21.1. The van der Waals surface area contributed by atoms with Crippen molar-refractivity contribution in [3.63, 3.8) is 0 Å². The van der Waals surface area contributed by atoms with Gasteiger partial charge in [-0.3, -0.25) is 28.0 Å². The first-order chi connectivity index (χ1) is 31.4. The Morgan fingerprint density at radius 1 is 0.809 bits per heavy atom. The van der Waals surface area contributed by atoms with Gasteiger partial charge in [0, 0.05) is 66.4 Å². The van der Waals surface area contributed by atoms with Gasteiger partial charge >= 0.3 is 5.97 Å². The molecular weight excluding hydrogens is 983 g/mol. The minimum absolute atomic E-state index is 0.00918. The third kappa shape index (κ3) is 12.7. The molecule has 1 aliphatic rings. The fourth-order valence-electron chi connectivity index (χ4n) is 8.66. The molecule has 370 valence electrons. The minimum atomic E-state index is -5.02. The second-order valence-corrected chi connectivity index (χ2v) is 24.9. The molecular formula is C45H55N3O15S5. The van der Waals surface area contributed by atoms with Crippen LogP contribution in [-0.2, 0) is 67.1 Å². The molecule has 1 unspecified atom stereocenters. The van der Waals surface area contributed by atoms with Crippen LogP contribution in [0, 0.1) is 6.92 Å². The molecule has 0 spiro atoms. The lowest BCUT2D eigenvalue weighted by Gasteiger charge is -2.30. The lowest BCUT2D eigenvalue weighted by Crippen LogP contribution is -2.30. The van der Waals surface area contributed by atoms with E-state index < -0.39 is 89.6 Å². The van der Waals surface area contributed by atoms with Crippen LogP contribution < -0.4 is 4.90 Å². The number of nitrogens with zero attached hydrogens (tertiary/aromatic N) is 3. The van der Waals surface area contributed by atoms with Crippen molar-refractivity contribution >= 4 is 90.4 Å². The van der Waals surface area contributed by atoms with E-state index in [1.54, 1.807) is 78.7 Å². The Morgan fingerprint density at radius 2 is 1.46 bits per heavy atom. The highest BCUT2D eigenvalue weighted by Crippen LogP contribution is 2.52. The first kappa shape index (κ1) is 54.3.